The monoisotopic (exact) mass is 321 g/mol. The zero-order valence-corrected chi connectivity index (χ0v) is 11.8. The van der Waals surface area contributed by atoms with Gasteiger partial charge in [-0.3, -0.25) is 0 Å². The van der Waals surface area contributed by atoms with Crippen LogP contribution in [0.25, 0.3) is 0 Å². The topological polar surface area (TPSA) is 49.3 Å². The van der Waals surface area contributed by atoms with Gasteiger partial charge in [-0.25, -0.2) is 4.79 Å². The van der Waals surface area contributed by atoms with Crippen molar-refractivity contribution >= 4 is 63.5 Å². The highest BCUT2D eigenvalue weighted by atomic mass is 35.5. The molecule has 0 fully saturated rings. The molecule has 0 aliphatic carbocycles. The van der Waals surface area contributed by atoms with Gasteiger partial charge in [-0.1, -0.05) is 34.8 Å². The van der Waals surface area contributed by atoms with Gasteiger partial charge in [0.05, 0.1) is 21.4 Å². The highest BCUT2D eigenvalue weighted by molar-refractivity contribution is 7.12. The van der Waals surface area contributed by atoms with E-state index in [4.69, 9.17) is 39.9 Å². The summed E-state index contributed by atoms with van der Waals surface area (Å²) in [5.41, 5.74) is 0.877. The number of halogens is 3. The lowest BCUT2D eigenvalue weighted by Gasteiger charge is -2.10. The molecular weight excluding hydrogens is 317 g/mol. The number of rotatable bonds is 3. The van der Waals surface area contributed by atoms with E-state index in [0.29, 0.717) is 26.4 Å². The van der Waals surface area contributed by atoms with Crippen LogP contribution in [0, 0.1) is 0 Å². The molecule has 0 radical (unpaired) electrons. The molecule has 0 aliphatic heterocycles. The summed E-state index contributed by atoms with van der Waals surface area (Å²) in [6, 6.07) is 4.71. The summed E-state index contributed by atoms with van der Waals surface area (Å²) in [5, 5.41) is 14.6. The lowest BCUT2D eigenvalue weighted by atomic mass is 10.3. The van der Waals surface area contributed by atoms with Crippen molar-refractivity contribution in [1.82, 2.24) is 0 Å². The van der Waals surface area contributed by atoms with Crippen molar-refractivity contribution in [1.29, 1.82) is 0 Å². The summed E-state index contributed by atoms with van der Waals surface area (Å²) in [4.78, 5) is 11.2. The molecule has 7 heteroatoms. The van der Waals surface area contributed by atoms with Crippen LogP contribution in [-0.4, -0.2) is 11.1 Å². The maximum absolute atomic E-state index is 11.0. The van der Waals surface area contributed by atoms with Crippen molar-refractivity contribution in [2.24, 2.45) is 0 Å². The number of aromatic carboxylic acids is 1. The third-order valence-electron chi connectivity index (χ3n) is 2.13. The third-order valence-corrected chi connectivity index (χ3v) is 3.84. The van der Waals surface area contributed by atoms with Gasteiger partial charge in [0.1, 0.15) is 4.88 Å². The Kier molecular flexibility index (Phi) is 4.02. The van der Waals surface area contributed by atoms with Crippen molar-refractivity contribution in [2.45, 2.75) is 0 Å². The van der Waals surface area contributed by atoms with Crippen molar-refractivity contribution in [3.05, 3.63) is 43.5 Å². The van der Waals surface area contributed by atoms with Crippen molar-refractivity contribution < 1.29 is 9.90 Å². The standard InChI is InChI=1S/C11H6Cl3NO2S/c12-5-3-6(13)9(7(14)4-5)15-8-1-2-18-10(8)11(16)17/h1-4,15H,(H,16,17). The second-order valence-electron chi connectivity index (χ2n) is 3.34. The first kappa shape index (κ1) is 13.5. The Morgan fingerprint density at radius 2 is 1.83 bits per heavy atom. The van der Waals surface area contributed by atoms with E-state index in [1.54, 1.807) is 11.4 Å². The second-order valence-corrected chi connectivity index (χ2v) is 5.50. The van der Waals surface area contributed by atoms with Gasteiger partial charge in [0.2, 0.25) is 0 Å². The summed E-state index contributed by atoms with van der Waals surface area (Å²) in [6.45, 7) is 0. The fraction of sp³-hybridized carbons (Fsp3) is 0. The Bertz CT molecular complexity index is 589. The Labute approximate surface area is 122 Å². The lowest BCUT2D eigenvalue weighted by Crippen LogP contribution is -1.99. The van der Waals surface area contributed by atoms with Crippen molar-refractivity contribution in [2.75, 3.05) is 5.32 Å². The summed E-state index contributed by atoms with van der Waals surface area (Å²) in [7, 11) is 0. The fourth-order valence-electron chi connectivity index (χ4n) is 1.37. The first-order chi connectivity index (χ1) is 8.49. The molecule has 0 saturated carbocycles. The van der Waals surface area contributed by atoms with Crippen LogP contribution in [-0.2, 0) is 0 Å². The molecule has 3 nitrogen and oxygen atoms in total. The minimum absolute atomic E-state index is 0.192. The molecule has 0 saturated heterocycles. The number of carboxylic acid groups (broad SMARTS) is 1. The Morgan fingerprint density at radius 1 is 1.22 bits per heavy atom. The van der Waals surface area contributed by atoms with Crippen LogP contribution in [0.3, 0.4) is 0 Å². The molecule has 0 amide bonds. The molecule has 0 spiro atoms. The number of benzene rings is 1. The van der Waals surface area contributed by atoms with Crippen LogP contribution in [0.2, 0.25) is 15.1 Å². The van der Waals surface area contributed by atoms with E-state index in [-0.39, 0.29) is 4.88 Å². The molecule has 0 aliphatic rings. The number of thiophene rings is 1. The van der Waals surface area contributed by atoms with E-state index in [2.05, 4.69) is 5.32 Å². The molecule has 18 heavy (non-hydrogen) atoms. The number of carboxylic acids is 1. The van der Waals surface area contributed by atoms with Gasteiger partial charge in [0.15, 0.2) is 0 Å². The van der Waals surface area contributed by atoms with Crippen LogP contribution in [0.15, 0.2) is 23.6 Å². The average Bonchev–Trinajstić information content (AvgIpc) is 2.71. The molecule has 0 unspecified atom stereocenters. The summed E-state index contributed by atoms with van der Waals surface area (Å²) < 4.78 is 0. The van der Waals surface area contributed by atoms with E-state index < -0.39 is 5.97 Å². The molecule has 2 N–H and O–H groups in total. The molecule has 0 atom stereocenters. The Hall–Kier alpha value is -0.940. The minimum atomic E-state index is -1.01. The highest BCUT2D eigenvalue weighted by Crippen LogP contribution is 2.37. The second kappa shape index (κ2) is 5.36. The van der Waals surface area contributed by atoms with Gasteiger partial charge in [-0.15, -0.1) is 11.3 Å². The zero-order chi connectivity index (χ0) is 13.3. The summed E-state index contributed by atoms with van der Waals surface area (Å²) in [6.07, 6.45) is 0. The first-order valence-corrected chi connectivity index (χ1v) is 6.72. The summed E-state index contributed by atoms with van der Waals surface area (Å²) in [5.74, 6) is -1.01. The molecular formula is C11H6Cl3NO2S. The van der Waals surface area contributed by atoms with E-state index in [0.717, 1.165) is 11.3 Å². The largest absolute Gasteiger partial charge is 0.477 e. The molecule has 1 aromatic heterocycles. The number of hydrogen-bond donors (Lipinski definition) is 2. The van der Waals surface area contributed by atoms with Crippen molar-refractivity contribution in [3.8, 4) is 0 Å². The van der Waals surface area contributed by atoms with Crippen LogP contribution in [0.1, 0.15) is 9.67 Å². The Balaban J connectivity index is 2.40. The number of hydrogen-bond acceptors (Lipinski definition) is 3. The molecule has 1 heterocycles. The minimum Gasteiger partial charge on any atom is -0.477 e. The van der Waals surface area contributed by atoms with Gasteiger partial charge in [0.25, 0.3) is 0 Å². The molecule has 2 rings (SSSR count). The smallest absolute Gasteiger partial charge is 0.348 e. The highest BCUT2D eigenvalue weighted by Gasteiger charge is 2.14. The van der Waals surface area contributed by atoms with Gasteiger partial charge in [-0.2, -0.15) is 0 Å². The van der Waals surface area contributed by atoms with Crippen molar-refractivity contribution in [3.63, 3.8) is 0 Å². The average molecular weight is 323 g/mol. The molecule has 94 valence electrons. The SMILES string of the molecule is O=C(O)c1sccc1Nc1c(Cl)cc(Cl)cc1Cl. The van der Waals surface area contributed by atoms with Crippen LogP contribution in [0.4, 0.5) is 11.4 Å². The van der Waals surface area contributed by atoms with E-state index in [9.17, 15) is 4.79 Å². The van der Waals surface area contributed by atoms with Crippen LogP contribution < -0.4 is 5.32 Å². The molecule has 0 bridgehead atoms. The normalized spacial score (nSPS) is 10.4. The van der Waals surface area contributed by atoms with Gasteiger partial charge < -0.3 is 10.4 Å². The van der Waals surface area contributed by atoms with Crippen LogP contribution in [0.5, 0.6) is 0 Å². The number of anilines is 2. The number of nitrogens with one attached hydrogen (secondary N) is 1. The quantitative estimate of drug-likeness (QED) is 0.821. The van der Waals surface area contributed by atoms with Gasteiger partial charge in [0, 0.05) is 5.02 Å². The van der Waals surface area contributed by atoms with Gasteiger partial charge >= 0.3 is 5.97 Å². The first-order valence-electron chi connectivity index (χ1n) is 4.71. The van der Waals surface area contributed by atoms with Crippen LogP contribution >= 0.6 is 46.1 Å². The maximum atomic E-state index is 11.0. The Morgan fingerprint density at radius 3 is 2.39 bits per heavy atom. The van der Waals surface area contributed by atoms with E-state index in [1.807, 2.05) is 0 Å². The maximum Gasteiger partial charge on any atom is 0.348 e. The molecule has 2 aromatic rings. The number of carbonyl (C=O) groups is 1. The van der Waals surface area contributed by atoms with E-state index in [1.165, 1.54) is 12.1 Å². The zero-order valence-electron chi connectivity index (χ0n) is 8.71. The predicted octanol–water partition coefficient (Wildman–Crippen LogP) is 5.15. The lowest BCUT2D eigenvalue weighted by molar-refractivity contribution is 0.0703. The fourth-order valence-corrected chi connectivity index (χ4v) is 2.97. The van der Waals surface area contributed by atoms with Gasteiger partial charge in [-0.05, 0) is 23.6 Å². The third kappa shape index (κ3) is 2.72. The van der Waals surface area contributed by atoms with E-state index >= 15 is 0 Å². The summed E-state index contributed by atoms with van der Waals surface area (Å²) >= 11 is 18.9. The molecule has 1 aromatic carbocycles. The predicted molar refractivity (Wildman–Crippen MR) is 76.0 cm³/mol.